The molecule has 4 nitrogen and oxygen atoms in total. The van der Waals surface area contributed by atoms with Gasteiger partial charge in [-0.05, 0) is 12.5 Å². The van der Waals surface area contributed by atoms with Gasteiger partial charge in [0.05, 0.1) is 19.3 Å². The van der Waals surface area contributed by atoms with Crippen molar-refractivity contribution >= 4 is 17.2 Å². The number of thiocarbonyl (C=S) groups is 1. The first-order valence-electron chi connectivity index (χ1n) is 6.45. The average Bonchev–Trinajstić information content (AvgIpc) is 2.42. The standard InChI is InChI=1S/C14H20N2O2S/c1-10-9-18-13(8-17)7-16(10)6-11-2-4-12(5-3-11)14(15)19/h2-5,10,13,17H,6-9H2,1H3,(H2,15,19). The highest BCUT2D eigenvalue weighted by molar-refractivity contribution is 7.80. The van der Waals surface area contributed by atoms with Crippen molar-refractivity contribution in [2.75, 3.05) is 19.8 Å². The van der Waals surface area contributed by atoms with E-state index in [0.29, 0.717) is 17.6 Å². The van der Waals surface area contributed by atoms with Crippen molar-refractivity contribution in [3.05, 3.63) is 35.4 Å². The fraction of sp³-hybridized carbons (Fsp3) is 0.500. The molecule has 0 amide bonds. The van der Waals surface area contributed by atoms with Crippen molar-refractivity contribution in [3.8, 4) is 0 Å². The first-order chi connectivity index (χ1) is 9.10. The molecule has 1 aliphatic rings. The van der Waals surface area contributed by atoms with Crippen LogP contribution in [0.25, 0.3) is 0 Å². The van der Waals surface area contributed by atoms with Crippen molar-refractivity contribution in [2.45, 2.75) is 25.6 Å². The summed E-state index contributed by atoms with van der Waals surface area (Å²) in [5, 5.41) is 9.18. The van der Waals surface area contributed by atoms with E-state index in [9.17, 15) is 5.11 Å². The topological polar surface area (TPSA) is 58.7 Å². The van der Waals surface area contributed by atoms with E-state index in [1.165, 1.54) is 5.56 Å². The minimum Gasteiger partial charge on any atom is -0.394 e. The van der Waals surface area contributed by atoms with Gasteiger partial charge < -0.3 is 15.6 Å². The Kier molecular flexibility index (Phi) is 4.87. The molecule has 0 spiro atoms. The van der Waals surface area contributed by atoms with Gasteiger partial charge in [0.1, 0.15) is 4.99 Å². The maximum Gasteiger partial charge on any atom is 0.103 e. The predicted octanol–water partition coefficient (Wildman–Crippen LogP) is 0.902. The molecule has 104 valence electrons. The van der Waals surface area contributed by atoms with Crippen LogP contribution in [0.5, 0.6) is 0 Å². The van der Waals surface area contributed by atoms with Gasteiger partial charge in [0.2, 0.25) is 0 Å². The van der Waals surface area contributed by atoms with Crippen LogP contribution in [0, 0.1) is 0 Å². The van der Waals surface area contributed by atoms with E-state index in [0.717, 1.165) is 18.7 Å². The predicted molar refractivity (Wildman–Crippen MR) is 79.0 cm³/mol. The summed E-state index contributed by atoms with van der Waals surface area (Å²) in [6.45, 7) is 4.48. The molecule has 1 heterocycles. The van der Waals surface area contributed by atoms with Crippen molar-refractivity contribution in [3.63, 3.8) is 0 Å². The molecule has 2 atom stereocenters. The number of aliphatic hydroxyl groups excluding tert-OH is 1. The number of hydrogen-bond donors (Lipinski definition) is 2. The van der Waals surface area contributed by atoms with Gasteiger partial charge >= 0.3 is 0 Å². The van der Waals surface area contributed by atoms with E-state index in [2.05, 4.69) is 11.8 Å². The lowest BCUT2D eigenvalue weighted by Crippen LogP contribution is -2.48. The molecule has 2 unspecified atom stereocenters. The Morgan fingerprint density at radius 3 is 2.74 bits per heavy atom. The molecule has 5 heteroatoms. The number of benzene rings is 1. The maximum absolute atomic E-state index is 9.18. The second-order valence-corrected chi connectivity index (χ2v) is 5.42. The molecule has 2 rings (SSSR count). The number of rotatable bonds is 4. The molecular weight excluding hydrogens is 260 g/mol. The van der Waals surface area contributed by atoms with Crippen LogP contribution >= 0.6 is 12.2 Å². The second-order valence-electron chi connectivity index (χ2n) is 4.98. The van der Waals surface area contributed by atoms with Gasteiger partial charge in [0.25, 0.3) is 0 Å². The van der Waals surface area contributed by atoms with E-state index in [4.69, 9.17) is 22.7 Å². The van der Waals surface area contributed by atoms with Crippen LogP contribution in [0.1, 0.15) is 18.1 Å². The van der Waals surface area contributed by atoms with Crippen LogP contribution in [0.15, 0.2) is 24.3 Å². The lowest BCUT2D eigenvalue weighted by molar-refractivity contribution is -0.0805. The molecule has 1 aromatic rings. The van der Waals surface area contributed by atoms with E-state index < -0.39 is 0 Å². The molecule has 1 saturated heterocycles. The molecule has 0 radical (unpaired) electrons. The molecule has 19 heavy (non-hydrogen) atoms. The number of aliphatic hydroxyl groups is 1. The summed E-state index contributed by atoms with van der Waals surface area (Å²) < 4.78 is 5.53. The quantitative estimate of drug-likeness (QED) is 0.803. The number of nitrogens with two attached hydrogens (primary N) is 1. The Balaban J connectivity index is 2.01. The molecule has 1 fully saturated rings. The summed E-state index contributed by atoms with van der Waals surface area (Å²) in [6.07, 6.45) is -0.0768. The number of hydrogen-bond acceptors (Lipinski definition) is 4. The zero-order valence-electron chi connectivity index (χ0n) is 11.1. The van der Waals surface area contributed by atoms with E-state index in [-0.39, 0.29) is 12.7 Å². The first-order valence-corrected chi connectivity index (χ1v) is 6.86. The Morgan fingerprint density at radius 1 is 1.47 bits per heavy atom. The van der Waals surface area contributed by atoms with Gasteiger partial charge in [-0.3, -0.25) is 4.90 Å². The van der Waals surface area contributed by atoms with Gasteiger partial charge in [-0.25, -0.2) is 0 Å². The Labute approximate surface area is 119 Å². The van der Waals surface area contributed by atoms with Gasteiger partial charge in [-0.15, -0.1) is 0 Å². The molecule has 0 aromatic heterocycles. The third-order valence-electron chi connectivity index (χ3n) is 3.46. The Bertz CT molecular complexity index is 436. The van der Waals surface area contributed by atoms with Crippen LogP contribution in [0.4, 0.5) is 0 Å². The third-order valence-corrected chi connectivity index (χ3v) is 3.70. The maximum atomic E-state index is 9.18. The van der Waals surface area contributed by atoms with Gasteiger partial charge in [0.15, 0.2) is 0 Å². The van der Waals surface area contributed by atoms with Crippen LogP contribution in [0.2, 0.25) is 0 Å². The van der Waals surface area contributed by atoms with Gasteiger partial charge in [0, 0.05) is 24.7 Å². The van der Waals surface area contributed by atoms with Crippen LogP contribution in [-0.4, -0.2) is 46.9 Å². The first kappa shape index (κ1) is 14.4. The Morgan fingerprint density at radius 2 is 2.16 bits per heavy atom. The SMILES string of the molecule is CC1COC(CO)CN1Cc1ccc(C(N)=S)cc1. The fourth-order valence-electron chi connectivity index (χ4n) is 2.21. The highest BCUT2D eigenvalue weighted by atomic mass is 32.1. The summed E-state index contributed by atoms with van der Waals surface area (Å²) in [5.41, 5.74) is 7.69. The lowest BCUT2D eigenvalue weighted by atomic mass is 10.1. The summed E-state index contributed by atoms with van der Waals surface area (Å²) in [6, 6.07) is 8.35. The molecule has 0 bridgehead atoms. The molecule has 1 aliphatic heterocycles. The molecule has 1 aromatic carbocycles. The fourth-order valence-corrected chi connectivity index (χ4v) is 2.35. The largest absolute Gasteiger partial charge is 0.394 e. The summed E-state index contributed by atoms with van der Waals surface area (Å²) >= 11 is 4.94. The molecule has 3 N–H and O–H groups in total. The van der Waals surface area contributed by atoms with E-state index in [1.54, 1.807) is 0 Å². The second kappa shape index (κ2) is 6.43. The normalized spacial score (nSPS) is 24.3. The minimum absolute atomic E-state index is 0.0730. The summed E-state index contributed by atoms with van der Waals surface area (Å²) in [4.78, 5) is 2.74. The number of morpholine rings is 1. The van der Waals surface area contributed by atoms with Crippen molar-refractivity contribution in [1.82, 2.24) is 4.90 Å². The minimum atomic E-state index is -0.0768. The zero-order valence-corrected chi connectivity index (χ0v) is 11.9. The highest BCUT2D eigenvalue weighted by Gasteiger charge is 2.25. The molecule has 0 saturated carbocycles. The zero-order chi connectivity index (χ0) is 13.8. The van der Waals surface area contributed by atoms with Crippen molar-refractivity contribution in [2.24, 2.45) is 5.73 Å². The number of nitrogens with zero attached hydrogens (tertiary/aromatic N) is 1. The van der Waals surface area contributed by atoms with Crippen molar-refractivity contribution < 1.29 is 9.84 Å². The highest BCUT2D eigenvalue weighted by Crippen LogP contribution is 2.16. The monoisotopic (exact) mass is 280 g/mol. The van der Waals surface area contributed by atoms with E-state index in [1.807, 2.05) is 24.3 Å². The Hall–Kier alpha value is -1.01. The average molecular weight is 280 g/mol. The summed E-state index contributed by atoms with van der Waals surface area (Å²) in [5.74, 6) is 0. The van der Waals surface area contributed by atoms with Gasteiger partial charge in [-0.1, -0.05) is 36.5 Å². The van der Waals surface area contributed by atoms with Crippen LogP contribution in [-0.2, 0) is 11.3 Å². The third kappa shape index (κ3) is 3.73. The van der Waals surface area contributed by atoms with Crippen LogP contribution in [0.3, 0.4) is 0 Å². The molecular formula is C14H20N2O2S. The number of ether oxygens (including phenoxy) is 1. The van der Waals surface area contributed by atoms with Gasteiger partial charge in [-0.2, -0.15) is 0 Å². The smallest absolute Gasteiger partial charge is 0.103 e. The molecule has 0 aliphatic carbocycles. The summed E-state index contributed by atoms with van der Waals surface area (Å²) in [7, 11) is 0. The van der Waals surface area contributed by atoms with Crippen molar-refractivity contribution in [1.29, 1.82) is 0 Å². The lowest BCUT2D eigenvalue weighted by Gasteiger charge is -2.37. The van der Waals surface area contributed by atoms with E-state index >= 15 is 0 Å². The van der Waals surface area contributed by atoms with Crippen LogP contribution < -0.4 is 5.73 Å².